The molecule has 112 valence electrons. The van der Waals surface area contributed by atoms with E-state index < -0.39 is 11.7 Å². The topological polar surface area (TPSA) is 29.3 Å². The van der Waals surface area contributed by atoms with Crippen molar-refractivity contribution in [3.05, 3.63) is 53.6 Å². The number of hydrogen-bond donors (Lipinski definition) is 1. The third-order valence-corrected chi connectivity index (χ3v) is 3.28. The van der Waals surface area contributed by atoms with Crippen LogP contribution in [0.25, 0.3) is 0 Å². The number of benzene rings is 2. The van der Waals surface area contributed by atoms with Gasteiger partial charge in [-0.25, -0.2) is 0 Å². The second-order valence-electron chi connectivity index (χ2n) is 4.85. The molecule has 21 heavy (non-hydrogen) atoms. The lowest BCUT2D eigenvalue weighted by atomic mass is 10.1. The summed E-state index contributed by atoms with van der Waals surface area (Å²) in [6, 6.07) is 11.7. The van der Waals surface area contributed by atoms with Crippen molar-refractivity contribution in [2.45, 2.75) is 20.0 Å². The molecule has 0 saturated heterocycles. The highest BCUT2D eigenvalue weighted by Crippen LogP contribution is 2.37. The largest absolute Gasteiger partial charge is 0.418 e. The van der Waals surface area contributed by atoms with Crippen LogP contribution < -0.4 is 10.6 Å². The molecule has 2 aromatic carbocycles. The Morgan fingerprint density at radius 3 is 2.29 bits per heavy atom. The van der Waals surface area contributed by atoms with Crippen LogP contribution in [0.2, 0.25) is 0 Å². The van der Waals surface area contributed by atoms with Gasteiger partial charge in [-0.3, -0.25) is 0 Å². The number of alkyl halides is 3. The molecule has 2 N–H and O–H groups in total. The zero-order valence-corrected chi connectivity index (χ0v) is 11.9. The number of nitrogens with two attached hydrogens (primary N) is 1. The molecule has 0 heterocycles. The van der Waals surface area contributed by atoms with Crippen molar-refractivity contribution < 1.29 is 13.2 Å². The van der Waals surface area contributed by atoms with E-state index >= 15 is 0 Å². The van der Waals surface area contributed by atoms with Gasteiger partial charge >= 0.3 is 6.18 Å². The smallest absolute Gasteiger partial charge is 0.398 e. The van der Waals surface area contributed by atoms with E-state index in [9.17, 15) is 13.2 Å². The van der Waals surface area contributed by atoms with E-state index in [0.29, 0.717) is 12.2 Å². The van der Waals surface area contributed by atoms with E-state index in [1.165, 1.54) is 6.07 Å². The zero-order chi connectivity index (χ0) is 15.6. The Morgan fingerprint density at radius 2 is 1.71 bits per heavy atom. The molecule has 0 saturated carbocycles. The van der Waals surface area contributed by atoms with E-state index in [-0.39, 0.29) is 5.69 Å². The molecule has 0 aliphatic rings. The fourth-order valence-electron chi connectivity index (χ4n) is 2.27. The average molecular weight is 294 g/mol. The summed E-state index contributed by atoms with van der Waals surface area (Å²) < 4.78 is 38.9. The Bertz CT molecular complexity index is 636. The Hall–Kier alpha value is -2.17. The van der Waals surface area contributed by atoms with Crippen LogP contribution in [0, 0.1) is 6.92 Å². The Kier molecular flexibility index (Phi) is 4.11. The van der Waals surface area contributed by atoms with Crippen molar-refractivity contribution in [1.82, 2.24) is 0 Å². The molecule has 0 fully saturated rings. The highest BCUT2D eigenvalue weighted by atomic mass is 19.4. The van der Waals surface area contributed by atoms with Gasteiger partial charge < -0.3 is 10.6 Å². The lowest BCUT2D eigenvalue weighted by Gasteiger charge is -2.25. The number of hydrogen-bond acceptors (Lipinski definition) is 2. The molecule has 0 amide bonds. The lowest BCUT2D eigenvalue weighted by molar-refractivity contribution is -0.136. The molecule has 0 radical (unpaired) electrons. The second-order valence-corrected chi connectivity index (χ2v) is 4.85. The Balaban J connectivity index is 2.49. The number of halogens is 3. The fraction of sp³-hybridized carbons (Fsp3) is 0.250. The Morgan fingerprint density at radius 1 is 1.05 bits per heavy atom. The summed E-state index contributed by atoms with van der Waals surface area (Å²) in [5.41, 5.74) is 6.77. The molecule has 0 aromatic heterocycles. The highest BCUT2D eigenvalue weighted by Gasteiger charge is 2.33. The van der Waals surface area contributed by atoms with E-state index in [4.69, 9.17) is 5.73 Å². The number of rotatable bonds is 3. The quantitative estimate of drug-likeness (QED) is 0.827. The molecule has 5 heteroatoms. The van der Waals surface area contributed by atoms with E-state index in [1.807, 2.05) is 43.0 Å². The van der Waals surface area contributed by atoms with Gasteiger partial charge in [-0.1, -0.05) is 12.1 Å². The van der Waals surface area contributed by atoms with E-state index in [2.05, 4.69) is 0 Å². The Labute approximate surface area is 122 Å². The van der Waals surface area contributed by atoms with Crippen LogP contribution in [0.15, 0.2) is 42.5 Å². The molecule has 0 bridgehead atoms. The normalized spacial score (nSPS) is 11.5. The maximum absolute atomic E-state index is 13.0. The molecule has 2 rings (SSSR count). The van der Waals surface area contributed by atoms with Gasteiger partial charge in [0.2, 0.25) is 0 Å². The molecule has 2 aromatic rings. The number of anilines is 3. The van der Waals surface area contributed by atoms with Crippen LogP contribution in [0.4, 0.5) is 30.2 Å². The van der Waals surface area contributed by atoms with Crippen molar-refractivity contribution in [2.75, 3.05) is 17.2 Å². The SMILES string of the molecule is CCN(c1cccc(C)c1)c1ccc(N)c(C(F)(F)F)c1. The predicted molar refractivity (Wildman–Crippen MR) is 79.7 cm³/mol. The van der Waals surface area contributed by atoms with Crippen LogP contribution in [0.1, 0.15) is 18.1 Å². The summed E-state index contributed by atoms with van der Waals surface area (Å²) in [5.74, 6) is 0. The van der Waals surface area contributed by atoms with Gasteiger partial charge in [0.25, 0.3) is 0 Å². The number of nitrogen functional groups attached to an aromatic ring is 1. The minimum Gasteiger partial charge on any atom is -0.398 e. The zero-order valence-electron chi connectivity index (χ0n) is 11.9. The molecule has 0 unspecified atom stereocenters. The van der Waals surface area contributed by atoms with Gasteiger partial charge in [-0.2, -0.15) is 13.2 Å². The summed E-state index contributed by atoms with van der Waals surface area (Å²) in [5, 5.41) is 0. The first-order chi connectivity index (χ1) is 9.82. The molecular weight excluding hydrogens is 277 g/mol. The minimum atomic E-state index is -4.45. The first-order valence-corrected chi connectivity index (χ1v) is 6.64. The first-order valence-electron chi connectivity index (χ1n) is 6.64. The average Bonchev–Trinajstić information content (AvgIpc) is 2.40. The predicted octanol–water partition coefficient (Wildman–Crippen LogP) is 4.75. The van der Waals surface area contributed by atoms with Gasteiger partial charge in [-0.05, 0) is 49.7 Å². The van der Waals surface area contributed by atoms with Crippen molar-refractivity contribution in [1.29, 1.82) is 0 Å². The molecular formula is C16H17F3N2. The fourth-order valence-corrected chi connectivity index (χ4v) is 2.27. The van der Waals surface area contributed by atoms with E-state index in [0.717, 1.165) is 17.3 Å². The van der Waals surface area contributed by atoms with Crippen molar-refractivity contribution in [3.8, 4) is 0 Å². The summed E-state index contributed by atoms with van der Waals surface area (Å²) in [7, 11) is 0. The molecule has 0 spiro atoms. The van der Waals surface area contributed by atoms with Crippen molar-refractivity contribution >= 4 is 17.1 Å². The van der Waals surface area contributed by atoms with Crippen LogP contribution in [0.3, 0.4) is 0 Å². The maximum atomic E-state index is 13.0. The van der Waals surface area contributed by atoms with Crippen LogP contribution in [-0.4, -0.2) is 6.54 Å². The minimum absolute atomic E-state index is 0.258. The third kappa shape index (κ3) is 3.29. The third-order valence-electron chi connectivity index (χ3n) is 3.28. The van der Waals surface area contributed by atoms with Gasteiger partial charge in [0.05, 0.1) is 5.56 Å². The second kappa shape index (κ2) is 5.68. The van der Waals surface area contributed by atoms with Gasteiger partial charge in [0, 0.05) is 23.6 Å². The molecule has 2 nitrogen and oxygen atoms in total. The van der Waals surface area contributed by atoms with Crippen molar-refractivity contribution in [2.24, 2.45) is 0 Å². The van der Waals surface area contributed by atoms with E-state index in [1.54, 1.807) is 6.07 Å². The molecule has 0 aliphatic heterocycles. The van der Waals surface area contributed by atoms with Crippen LogP contribution in [-0.2, 0) is 6.18 Å². The summed E-state index contributed by atoms with van der Waals surface area (Å²) in [6.07, 6.45) is -4.45. The number of nitrogens with zero attached hydrogens (tertiary/aromatic N) is 1. The van der Waals surface area contributed by atoms with Gasteiger partial charge in [-0.15, -0.1) is 0 Å². The standard InChI is InChI=1S/C16H17F3N2/c1-3-21(12-6-4-5-11(2)9-12)13-7-8-15(20)14(10-13)16(17,18)19/h4-10H,3,20H2,1-2H3. The summed E-state index contributed by atoms with van der Waals surface area (Å²) in [4.78, 5) is 1.82. The molecule has 0 aliphatic carbocycles. The highest BCUT2D eigenvalue weighted by molar-refractivity contribution is 5.67. The molecule has 0 atom stereocenters. The van der Waals surface area contributed by atoms with Crippen LogP contribution in [0.5, 0.6) is 0 Å². The first kappa shape index (κ1) is 15.2. The maximum Gasteiger partial charge on any atom is 0.418 e. The van der Waals surface area contributed by atoms with Crippen LogP contribution >= 0.6 is 0 Å². The number of aryl methyl sites for hydroxylation is 1. The lowest BCUT2D eigenvalue weighted by Crippen LogP contribution is -2.18. The van der Waals surface area contributed by atoms with Gasteiger partial charge in [0.1, 0.15) is 0 Å². The van der Waals surface area contributed by atoms with Gasteiger partial charge in [0.15, 0.2) is 0 Å². The summed E-state index contributed by atoms with van der Waals surface area (Å²) in [6.45, 7) is 4.40. The summed E-state index contributed by atoms with van der Waals surface area (Å²) >= 11 is 0. The van der Waals surface area contributed by atoms with Crippen molar-refractivity contribution in [3.63, 3.8) is 0 Å². The monoisotopic (exact) mass is 294 g/mol.